The Kier molecular flexibility index (Phi) is 4.46. The van der Waals surface area contributed by atoms with E-state index < -0.39 is 6.98 Å². The molecule has 1 heterocycles. The molecule has 1 aliphatic heterocycles. The number of halogens is 2. The average Bonchev–Trinajstić information content (AvgIpc) is 1.86. The van der Waals surface area contributed by atoms with Gasteiger partial charge in [-0.3, -0.25) is 0 Å². The van der Waals surface area contributed by atoms with Crippen molar-refractivity contribution in [1.29, 1.82) is 0 Å². The van der Waals surface area contributed by atoms with Crippen LogP contribution in [0, 0.1) is 0 Å². The average molecular weight is 190 g/mol. The molecule has 1 atom stereocenters. The summed E-state index contributed by atoms with van der Waals surface area (Å²) in [6.45, 7) is 2.12. The van der Waals surface area contributed by atoms with E-state index in [4.69, 9.17) is 4.11 Å². The minimum atomic E-state index is -1.91. The molecule has 0 bridgehead atoms. The Morgan fingerprint density at radius 3 is 2.70 bits per heavy atom. The first-order valence-electron chi connectivity index (χ1n) is 4.48. The maximum atomic E-state index is 7.15. The van der Waals surface area contributed by atoms with Crippen LogP contribution in [0.15, 0.2) is 0 Å². The molecule has 0 unspecified atom stereocenters. The molecule has 4 heteroatoms. The van der Waals surface area contributed by atoms with Crippen LogP contribution in [0.25, 0.3) is 0 Å². The van der Waals surface area contributed by atoms with Crippen LogP contribution >= 0.6 is 24.8 Å². The molecule has 10 heavy (non-hydrogen) atoms. The lowest BCUT2D eigenvalue weighted by molar-refractivity contribution is 0.248. The van der Waals surface area contributed by atoms with Crippen LogP contribution < -0.4 is 5.32 Å². The number of rotatable bonds is 0. The maximum Gasteiger partial charge on any atom is 0.0394 e. The van der Waals surface area contributed by atoms with Gasteiger partial charge in [0.05, 0.1) is 0 Å². The second kappa shape index (κ2) is 6.23. The summed E-state index contributed by atoms with van der Waals surface area (Å²) in [6.07, 6.45) is 0. The Morgan fingerprint density at radius 1 is 1.60 bits per heavy atom. The molecule has 1 fully saturated rings. The van der Waals surface area contributed by atoms with Crippen molar-refractivity contribution in [1.82, 2.24) is 10.2 Å². The van der Waals surface area contributed by atoms with Gasteiger partial charge in [-0.2, -0.15) is 0 Å². The van der Waals surface area contributed by atoms with E-state index in [0.29, 0.717) is 19.1 Å². The van der Waals surface area contributed by atoms with E-state index in [-0.39, 0.29) is 24.8 Å². The molecule has 0 amide bonds. The van der Waals surface area contributed by atoms with Gasteiger partial charge in [-0.25, -0.2) is 0 Å². The van der Waals surface area contributed by atoms with Crippen molar-refractivity contribution in [2.24, 2.45) is 0 Å². The second-order valence-electron chi connectivity index (χ2n) is 2.30. The van der Waals surface area contributed by atoms with Gasteiger partial charge in [0.15, 0.2) is 0 Å². The Bertz CT molecular complexity index is 142. The normalized spacial score (nSPS) is 32.1. The Hall–Kier alpha value is 0.500. The Balaban J connectivity index is 0. The number of likely N-dealkylation sites (N-methyl/N-ethyl adjacent to an activating group) is 1. The fourth-order valence-electron chi connectivity index (χ4n) is 0.932. The standard InChI is InChI=1S/C6H14N2.2ClH/c1-6-5-8(2)4-3-7-6;;/h6-7H,3-5H2,1-2H3;2*1H/t6-;;/m1../s1/i2D3;;. The summed E-state index contributed by atoms with van der Waals surface area (Å²) < 4.78 is 21.4. The maximum absolute atomic E-state index is 7.15. The third kappa shape index (κ3) is 4.34. The number of hydrogen-bond acceptors (Lipinski definition) is 2. The van der Waals surface area contributed by atoms with Crippen molar-refractivity contribution in [3.8, 4) is 0 Å². The highest BCUT2D eigenvalue weighted by atomic mass is 35.5. The minimum absolute atomic E-state index is 0. The number of nitrogens with zero attached hydrogens (tertiary/aromatic N) is 1. The molecule has 0 aromatic rings. The van der Waals surface area contributed by atoms with Gasteiger partial charge < -0.3 is 10.2 Å². The quantitative estimate of drug-likeness (QED) is 0.606. The molecule has 1 aliphatic rings. The van der Waals surface area contributed by atoms with Gasteiger partial charge in [0.25, 0.3) is 0 Å². The van der Waals surface area contributed by atoms with E-state index in [9.17, 15) is 0 Å². The lowest BCUT2D eigenvalue weighted by Crippen LogP contribution is -2.47. The zero-order valence-corrected chi connectivity index (χ0v) is 7.60. The summed E-state index contributed by atoms with van der Waals surface area (Å²) in [6, 6.07) is 0.296. The van der Waals surface area contributed by atoms with Gasteiger partial charge in [0.2, 0.25) is 0 Å². The van der Waals surface area contributed by atoms with Crippen LogP contribution in [-0.2, 0) is 0 Å². The molecular formula is C6H16Cl2N2. The lowest BCUT2D eigenvalue weighted by atomic mass is 10.2. The Morgan fingerprint density at radius 2 is 2.30 bits per heavy atom. The molecule has 0 aliphatic carbocycles. The van der Waals surface area contributed by atoms with Crippen LogP contribution in [0.5, 0.6) is 0 Å². The predicted molar refractivity (Wildman–Crippen MR) is 49.5 cm³/mol. The van der Waals surface area contributed by atoms with E-state index in [1.807, 2.05) is 6.92 Å². The third-order valence-electron chi connectivity index (χ3n) is 1.37. The van der Waals surface area contributed by atoms with Crippen LogP contribution in [0.2, 0.25) is 0 Å². The number of piperazine rings is 1. The van der Waals surface area contributed by atoms with E-state index >= 15 is 0 Å². The first-order chi connectivity index (χ1) is 5.00. The van der Waals surface area contributed by atoms with Crippen molar-refractivity contribution in [3.05, 3.63) is 0 Å². The summed E-state index contributed by atoms with van der Waals surface area (Å²) in [5.41, 5.74) is 0. The van der Waals surface area contributed by atoms with Crippen molar-refractivity contribution in [3.63, 3.8) is 0 Å². The van der Waals surface area contributed by atoms with Gasteiger partial charge in [-0.15, -0.1) is 24.8 Å². The molecule has 0 aromatic heterocycles. The molecule has 0 spiro atoms. The monoisotopic (exact) mass is 189 g/mol. The van der Waals surface area contributed by atoms with Gasteiger partial charge in [-0.1, -0.05) is 0 Å². The van der Waals surface area contributed by atoms with Crippen LogP contribution in [0.1, 0.15) is 11.0 Å². The van der Waals surface area contributed by atoms with Crippen LogP contribution in [-0.4, -0.2) is 37.6 Å². The van der Waals surface area contributed by atoms with Crippen molar-refractivity contribution in [2.75, 3.05) is 26.6 Å². The SMILES string of the molecule is Cl.Cl.[2H]C([2H])([2H])N1CCN[C@H](C)C1. The molecule has 0 aromatic carbocycles. The molecule has 0 radical (unpaired) electrons. The first-order valence-corrected chi connectivity index (χ1v) is 2.98. The molecular weight excluding hydrogens is 171 g/mol. The highest BCUT2D eigenvalue weighted by molar-refractivity contribution is 5.85. The molecule has 64 valence electrons. The van der Waals surface area contributed by atoms with Crippen molar-refractivity contribution in [2.45, 2.75) is 13.0 Å². The van der Waals surface area contributed by atoms with E-state index in [1.165, 1.54) is 4.90 Å². The van der Waals surface area contributed by atoms with Crippen LogP contribution in [0.3, 0.4) is 0 Å². The summed E-state index contributed by atoms with van der Waals surface area (Å²) in [7, 11) is 0. The topological polar surface area (TPSA) is 15.3 Å². The summed E-state index contributed by atoms with van der Waals surface area (Å²) in [5.74, 6) is 0. The van der Waals surface area contributed by atoms with Gasteiger partial charge in [0.1, 0.15) is 0 Å². The second-order valence-corrected chi connectivity index (χ2v) is 2.30. The number of nitrogens with one attached hydrogen (secondary N) is 1. The van der Waals surface area contributed by atoms with E-state index in [0.717, 1.165) is 6.54 Å². The smallest absolute Gasteiger partial charge is 0.0394 e. The lowest BCUT2D eigenvalue weighted by Gasteiger charge is -2.28. The largest absolute Gasteiger partial charge is 0.312 e. The first kappa shape index (κ1) is 7.17. The number of hydrogen-bond donors (Lipinski definition) is 1. The summed E-state index contributed by atoms with van der Waals surface area (Å²) in [4.78, 5) is 1.54. The summed E-state index contributed by atoms with van der Waals surface area (Å²) >= 11 is 0. The molecule has 1 N–H and O–H groups in total. The third-order valence-corrected chi connectivity index (χ3v) is 1.37. The highest BCUT2D eigenvalue weighted by Crippen LogP contribution is 1.92. The van der Waals surface area contributed by atoms with E-state index in [2.05, 4.69) is 5.32 Å². The van der Waals surface area contributed by atoms with E-state index in [1.54, 1.807) is 0 Å². The van der Waals surface area contributed by atoms with Crippen molar-refractivity contribution < 1.29 is 4.11 Å². The van der Waals surface area contributed by atoms with Gasteiger partial charge in [-0.05, 0) is 13.9 Å². The zero-order chi connectivity index (χ0) is 8.48. The van der Waals surface area contributed by atoms with Crippen molar-refractivity contribution >= 4 is 24.8 Å². The fraction of sp³-hybridized carbons (Fsp3) is 1.00. The molecule has 0 saturated carbocycles. The predicted octanol–water partition coefficient (Wildman–Crippen LogP) is 0.753. The minimum Gasteiger partial charge on any atom is -0.312 e. The van der Waals surface area contributed by atoms with Gasteiger partial charge in [0, 0.05) is 29.8 Å². The molecule has 1 saturated heterocycles. The Labute approximate surface area is 79.4 Å². The fourth-order valence-corrected chi connectivity index (χ4v) is 0.932. The molecule has 2 nitrogen and oxygen atoms in total. The summed E-state index contributed by atoms with van der Waals surface area (Å²) in [5, 5.41) is 3.19. The highest BCUT2D eigenvalue weighted by Gasteiger charge is 2.09. The zero-order valence-electron chi connectivity index (χ0n) is 8.96. The molecule has 1 rings (SSSR count). The van der Waals surface area contributed by atoms with Crippen LogP contribution in [0.4, 0.5) is 0 Å². The van der Waals surface area contributed by atoms with Gasteiger partial charge >= 0.3 is 0 Å².